The summed E-state index contributed by atoms with van der Waals surface area (Å²) in [5, 5.41) is 5.68. The molecule has 1 saturated heterocycles. The maximum absolute atomic E-state index is 13.4. The van der Waals surface area contributed by atoms with Gasteiger partial charge in [0.2, 0.25) is 0 Å². The Morgan fingerprint density at radius 3 is 2.53 bits per heavy atom. The van der Waals surface area contributed by atoms with Crippen molar-refractivity contribution in [2.24, 2.45) is 5.73 Å². The van der Waals surface area contributed by atoms with E-state index in [9.17, 15) is 18.8 Å². The Kier molecular flexibility index (Phi) is 7.85. The first-order chi connectivity index (χ1) is 15.4. The zero-order chi connectivity index (χ0) is 23.1. The quantitative estimate of drug-likeness (QED) is 0.577. The number of carbonyl (C=O) groups excluding carboxylic acids is 3. The highest BCUT2D eigenvalue weighted by molar-refractivity contribution is 6.30. The van der Waals surface area contributed by atoms with Gasteiger partial charge in [0.1, 0.15) is 11.6 Å². The van der Waals surface area contributed by atoms with Crippen LogP contribution in [0.4, 0.5) is 14.9 Å². The normalized spacial score (nSPS) is 15.4. The SMILES string of the molecule is NCCNC(=O)C1N(C(=O)COc2ccc(Cl)cc2)CCN1C(=O)Nc1cccc(F)c1. The molecule has 0 aliphatic carbocycles. The molecule has 1 aliphatic heterocycles. The second-order valence-electron chi connectivity index (χ2n) is 6.92. The van der Waals surface area contributed by atoms with Crippen molar-refractivity contribution >= 4 is 35.1 Å². The Balaban J connectivity index is 1.71. The molecular weight excluding hydrogens is 441 g/mol. The van der Waals surface area contributed by atoms with Gasteiger partial charge in [-0.05, 0) is 42.5 Å². The fourth-order valence-corrected chi connectivity index (χ4v) is 3.32. The molecule has 1 atom stereocenters. The largest absolute Gasteiger partial charge is 0.484 e. The Labute approximate surface area is 189 Å². The minimum absolute atomic E-state index is 0.106. The van der Waals surface area contributed by atoms with Crippen LogP contribution in [0.25, 0.3) is 0 Å². The molecule has 0 aromatic heterocycles. The number of rotatable bonds is 7. The van der Waals surface area contributed by atoms with E-state index < -0.39 is 29.8 Å². The molecule has 0 bridgehead atoms. The van der Waals surface area contributed by atoms with Gasteiger partial charge in [-0.25, -0.2) is 9.18 Å². The van der Waals surface area contributed by atoms with Crippen LogP contribution < -0.4 is 21.1 Å². The Hall–Kier alpha value is -3.37. The molecule has 32 heavy (non-hydrogen) atoms. The zero-order valence-corrected chi connectivity index (χ0v) is 17.8. The summed E-state index contributed by atoms with van der Waals surface area (Å²) < 4.78 is 18.9. The van der Waals surface area contributed by atoms with E-state index in [2.05, 4.69) is 10.6 Å². The number of hydrogen-bond acceptors (Lipinski definition) is 5. The van der Waals surface area contributed by atoms with Crippen molar-refractivity contribution < 1.29 is 23.5 Å². The van der Waals surface area contributed by atoms with E-state index in [1.54, 1.807) is 24.3 Å². The number of nitrogens with zero attached hydrogens (tertiary/aromatic N) is 2. The maximum Gasteiger partial charge on any atom is 0.323 e. The lowest BCUT2D eigenvalue weighted by atomic mass is 10.3. The lowest BCUT2D eigenvalue weighted by Crippen LogP contribution is -2.55. The van der Waals surface area contributed by atoms with Crippen molar-refractivity contribution in [3.63, 3.8) is 0 Å². The number of nitrogens with two attached hydrogens (primary N) is 1. The Morgan fingerprint density at radius 1 is 1.12 bits per heavy atom. The van der Waals surface area contributed by atoms with Crippen LogP contribution in [0.3, 0.4) is 0 Å². The Bertz CT molecular complexity index is 975. The fraction of sp³-hybridized carbons (Fsp3) is 0.286. The maximum atomic E-state index is 13.4. The number of nitrogens with one attached hydrogen (secondary N) is 2. The van der Waals surface area contributed by atoms with Gasteiger partial charge in [-0.1, -0.05) is 17.7 Å². The molecule has 1 fully saturated rings. The standard InChI is InChI=1S/C21H23ClFN5O4/c22-14-4-6-17(7-5-14)32-13-18(29)27-10-11-28(20(27)19(30)25-9-8-24)21(31)26-16-3-1-2-15(23)12-16/h1-7,12,20H,8-11,13,24H2,(H,25,30)(H,26,31). The third-order valence-corrected chi connectivity index (χ3v) is 4.94. The predicted octanol–water partition coefficient (Wildman–Crippen LogP) is 1.64. The number of halogens is 2. The molecule has 2 aromatic carbocycles. The third kappa shape index (κ3) is 5.86. The average molecular weight is 464 g/mol. The first-order valence-corrected chi connectivity index (χ1v) is 10.3. The fourth-order valence-electron chi connectivity index (χ4n) is 3.19. The van der Waals surface area contributed by atoms with Crippen LogP contribution in [0.15, 0.2) is 48.5 Å². The molecule has 1 unspecified atom stereocenters. The molecule has 2 aromatic rings. The van der Waals surface area contributed by atoms with Crippen molar-refractivity contribution in [2.75, 3.05) is 38.1 Å². The third-order valence-electron chi connectivity index (χ3n) is 4.68. The molecule has 1 aliphatic rings. The lowest BCUT2D eigenvalue weighted by molar-refractivity contribution is -0.142. The molecule has 0 spiro atoms. The van der Waals surface area contributed by atoms with Gasteiger partial charge >= 0.3 is 6.03 Å². The van der Waals surface area contributed by atoms with Crippen LogP contribution in [0, 0.1) is 5.82 Å². The van der Waals surface area contributed by atoms with Crippen LogP contribution in [-0.4, -0.2) is 66.6 Å². The number of ether oxygens (including phenoxy) is 1. The highest BCUT2D eigenvalue weighted by Gasteiger charge is 2.42. The molecule has 0 saturated carbocycles. The molecular formula is C21H23ClFN5O4. The van der Waals surface area contributed by atoms with Gasteiger partial charge in [-0.3, -0.25) is 14.5 Å². The van der Waals surface area contributed by atoms with Gasteiger partial charge in [-0.15, -0.1) is 0 Å². The number of amides is 4. The van der Waals surface area contributed by atoms with Crippen molar-refractivity contribution in [1.29, 1.82) is 0 Å². The van der Waals surface area contributed by atoms with Crippen LogP contribution >= 0.6 is 11.6 Å². The number of urea groups is 1. The highest BCUT2D eigenvalue weighted by Crippen LogP contribution is 2.20. The molecule has 4 N–H and O–H groups in total. The summed E-state index contributed by atoms with van der Waals surface area (Å²) in [6.45, 7) is 0.274. The lowest BCUT2D eigenvalue weighted by Gasteiger charge is -2.29. The van der Waals surface area contributed by atoms with Gasteiger partial charge in [-0.2, -0.15) is 0 Å². The van der Waals surface area contributed by atoms with Gasteiger partial charge in [0.05, 0.1) is 0 Å². The summed E-state index contributed by atoms with van der Waals surface area (Å²) in [7, 11) is 0. The average Bonchev–Trinajstić information content (AvgIpc) is 3.22. The van der Waals surface area contributed by atoms with Crippen molar-refractivity contribution in [2.45, 2.75) is 6.17 Å². The highest BCUT2D eigenvalue weighted by atomic mass is 35.5. The molecule has 0 radical (unpaired) electrons. The number of anilines is 1. The second-order valence-corrected chi connectivity index (χ2v) is 7.35. The zero-order valence-electron chi connectivity index (χ0n) is 17.1. The van der Waals surface area contributed by atoms with Crippen LogP contribution in [0.1, 0.15) is 0 Å². The number of carbonyl (C=O) groups is 3. The van der Waals surface area contributed by atoms with E-state index >= 15 is 0 Å². The first-order valence-electron chi connectivity index (χ1n) is 9.88. The van der Waals surface area contributed by atoms with Crippen molar-refractivity contribution in [3.8, 4) is 5.75 Å². The van der Waals surface area contributed by atoms with Crippen molar-refractivity contribution in [3.05, 3.63) is 59.4 Å². The predicted molar refractivity (Wildman–Crippen MR) is 117 cm³/mol. The van der Waals surface area contributed by atoms with Crippen molar-refractivity contribution in [1.82, 2.24) is 15.1 Å². The van der Waals surface area contributed by atoms with Gasteiger partial charge in [0.15, 0.2) is 12.8 Å². The smallest absolute Gasteiger partial charge is 0.323 e. The van der Waals surface area contributed by atoms with E-state index in [1.807, 2.05) is 0 Å². The molecule has 4 amide bonds. The monoisotopic (exact) mass is 463 g/mol. The molecule has 3 rings (SSSR count). The summed E-state index contributed by atoms with van der Waals surface area (Å²) in [5.74, 6) is -1.11. The minimum Gasteiger partial charge on any atom is -0.484 e. The van der Waals surface area contributed by atoms with Gasteiger partial charge < -0.3 is 26.0 Å². The minimum atomic E-state index is -1.20. The van der Waals surface area contributed by atoms with E-state index in [4.69, 9.17) is 22.1 Å². The number of benzene rings is 2. The molecule has 9 nitrogen and oxygen atoms in total. The molecule has 170 valence electrons. The van der Waals surface area contributed by atoms with Crippen LogP contribution in [0.5, 0.6) is 5.75 Å². The van der Waals surface area contributed by atoms with E-state index in [1.165, 1.54) is 28.0 Å². The van der Waals surface area contributed by atoms with E-state index in [0.29, 0.717) is 10.8 Å². The second kappa shape index (κ2) is 10.8. The Morgan fingerprint density at radius 2 is 1.84 bits per heavy atom. The summed E-state index contributed by atoms with van der Waals surface area (Å²) in [6, 6.07) is 11.2. The molecule has 1 heterocycles. The summed E-state index contributed by atoms with van der Waals surface area (Å²) in [6.07, 6.45) is -1.20. The number of hydrogen-bond donors (Lipinski definition) is 3. The summed E-state index contributed by atoms with van der Waals surface area (Å²) in [4.78, 5) is 40.8. The first kappa shape index (κ1) is 23.3. The molecule has 11 heteroatoms. The summed E-state index contributed by atoms with van der Waals surface area (Å²) >= 11 is 5.84. The topological polar surface area (TPSA) is 117 Å². The summed E-state index contributed by atoms with van der Waals surface area (Å²) in [5.41, 5.74) is 5.68. The van der Waals surface area contributed by atoms with E-state index in [0.717, 1.165) is 6.07 Å². The van der Waals surface area contributed by atoms with Crippen LogP contribution in [-0.2, 0) is 9.59 Å². The van der Waals surface area contributed by atoms with Crippen LogP contribution in [0.2, 0.25) is 5.02 Å². The van der Waals surface area contributed by atoms with Gasteiger partial charge in [0, 0.05) is 36.9 Å². The van der Waals surface area contributed by atoms with E-state index in [-0.39, 0.29) is 38.5 Å². The van der Waals surface area contributed by atoms with Gasteiger partial charge in [0.25, 0.3) is 11.8 Å².